The molecule has 38 heavy (non-hydrogen) atoms. The van der Waals surface area contributed by atoms with Gasteiger partial charge >= 0.3 is 5.97 Å². The largest absolute Gasteiger partial charge is 0.464 e. The summed E-state index contributed by atoms with van der Waals surface area (Å²) in [5.41, 5.74) is 5.15. The maximum absolute atomic E-state index is 13.9. The fourth-order valence-electron chi connectivity index (χ4n) is 7.17. The minimum Gasteiger partial charge on any atom is -0.464 e. The lowest BCUT2D eigenvalue weighted by Crippen LogP contribution is -2.33. The van der Waals surface area contributed by atoms with Crippen LogP contribution < -0.4 is 0 Å². The number of allylic oxidation sites excluding steroid dienone is 4. The molecule has 2 aliphatic rings. The third-order valence-electron chi connectivity index (χ3n) is 9.17. The molecule has 0 amide bonds. The molecule has 0 spiro atoms. The lowest BCUT2D eigenvalue weighted by atomic mass is 9.71. The maximum atomic E-state index is 13.9. The van der Waals surface area contributed by atoms with Gasteiger partial charge in [0.25, 0.3) is 0 Å². The molecule has 0 N–H and O–H groups in total. The van der Waals surface area contributed by atoms with E-state index in [0.29, 0.717) is 24.4 Å². The van der Waals surface area contributed by atoms with Crippen molar-refractivity contribution in [2.45, 2.75) is 90.9 Å². The predicted octanol–water partition coefficient (Wildman–Crippen LogP) is 9.89. The molecular weight excluding hydrogens is 464 g/mol. The van der Waals surface area contributed by atoms with Gasteiger partial charge in [0.1, 0.15) is 6.61 Å². The smallest absolute Gasteiger partial charge is 0.309 e. The molecule has 0 heterocycles. The van der Waals surface area contributed by atoms with Crippen LogP contribution in [0.4, 0.5) is 0 Å². The maximum Gasteiger partial charge on any atom is 0.309 e. The van der Waals surface area contributed by atoms with Crippen LogP contribution in [-0.4, -0.2) is 12.6 Å². The van der Waals surface area contributed by atoms with Crippen LogP contribution >= 0.6 is 0 Å². The predicted molar refractivity (Wildman–Crippen MR) is 160 cm³/mol. The Balaban J connectivity index is 1.48. The molecule has 0 aliphatic heterocycles. The van der Waals surface area contributed by atoms with Crippen LogP contribution in [0.2, 0.25) is 0 Å². The summed E-state index contributed by atoms with van der Waals surface area (Å²) in [5, 5.41) is 0. The topological polar surface area (TPSA) is 26.3 Å². The lowest BCUT2D eigenvalue weighted by Gasteiger charge is -2.35. The highest BCUT2D eigenvalue weighted by molar-refractivity contribution is 5.79. The van der Waals surface area contributed by atoms with Gasteiger partial charge in [-0.1, -0.05) is 99.0 Å². The average Bonchev–Trinajstić information content (AvgIpc) is 3.10. The van der Waals surface area contributed by atoms with Gasteiger partial charge in [0, 0.05) is 5.92 Å². The third kappa shape index (κ3) is 6.87. The first-order valence-electron chi connectivity index (χ1n) is 15.2. The molecule has 204 valence electrons. The molecule has 2 nitrogen and oxygen atoms in total. The van der Waals surface area contributed by atoms with E-state index < -0.39 is 0 Å². The van der Waals surface area contributed by atoms with Crippen LogP contribution in [0.15, 0.2) is 72.8 Å². The third-order valence-corrected chi connectivity index (χ3v) is 9.17. The normalized spacial score (nSPS) is 22.3. The molecule has 2 aromatic rings. The van der Waals surface area contributed by atoms with Gasteiger partial charge in [-0.3, -0.25) is 4.79 Å². The fraction of sp³-hybridized carbons (Fsp3) is 0.528. The molecule has 0 saturated heterocycles. The Morgan fingerprint density at radius 1 is 0.895 bits per heavy atom. The Morgan fingerprint density at radius 3 is 2.16 bits per heavy atom. The Hall–Kier alpha value is -2.61. The van der Waals surface area contributed by atoms with Crippen molar-refractivity contribution in [1.82, 2.24) is 0 Å². The van der Waals surface area contributed by atoms with Crippen molar-refractivity contribution in [3.05, 3.63) is 84.0 Å². The molecule has 1 fully saturated rings. The Morgan fingerprint density at radius 2 is 1.50 bits per heavy atom. The minimum atomic E-state index is 0.0259. The first-order chi connectivity index (χ1) is 18.7. The summed E-state index contributed by atoms with van der Waals surface area (Å²) in [6, 6.07) is 17.2. The zero-order valence-electron chi connectivity index (χ0n) is 23.9. The number of carbonyl (C=O) groups excluding carboxylic acids is 1. The van der Waals surface area contributed by atoms with Gasteiger partial charge in [0.05, 0.1) is 5.92 Å². The highest BCUT2D eigenvalue weighted by atomic mass is 16.5. The number of hydrogen-bond acceptors (Lipinski definition) is 2. The molecule has 2 aliphatic carbocycles. The van der Waals surface area contributed by atoms with E-state index in [1.807, 2.05) is 0 Å². The molecule has 0 radical (unpaired) electrons. The molecule has 4 rings (SSSR count). The number of rotatable bonds is 12. The zero-order valence-corrected chi connectivity index (χ0v) is 23.9. The number of ether oxygens (including phenoxy) is 1. The number of fused-ring (bicyclic) bond motifs is 3. The quantitative estimate of drug-likeness (QED) is 0.122. The molecule has 4 unspecified atom stereocenters. The molecule has 4 atom stereocenters. The Kier molecular flexibility index (Phi) is 10.9. The van der Waals surface area contributed by atoms with Crippen LogP contribution in [0.25, 0.3) is 11.1 Å². The molecule has 2 aromatic carbocycles. The van der Waals surface area contributed by atoms with Gasteiger partial charge in [-0.2, -0.15) is 0 Å². The van der Waals surface area contributed by atoms with Crippen molar-refractivity contribution in [1.29, 1.82) is 0 Å². The van der Waals surface area contributed by atoms with Crippen molar-refractivity contribution in [3.63, 3.8) is 0 Å². The van der Waals surface area contributed by atoms with Crippen molar-refractivity contribution in [3.8, 4) is 11.1 Å². The Bertz CT molecular complexity index is 1030. The van der Waals surface area contributed by atoms with E-state index in [1.54, 1.807) is 0 Å². The van der Waals surface area contributed by atoms with Crippen LogP contribution in [0.5, 0.6) is 0 Å². The van der Waals surface area contributed by atoms with Gasteiger partial charge < -0.3 is 4.74 Å². The molecular formula is C36H48O2. The number of unbranched alkanes of at least 4 members (excludes halogenated alkanes) is 2. The van der Waals surface area contributed by atoms with Crippen LogP contribution in [0.3, 0.4) is 0 Å². The molecule has 2 heteroatoms. The zero-order chi connectivity index (χ0) is 26.7. The number of carbonyl (C=O) groups is 1. The summed E-state index contributed by atoms with van der Waals surface area (Å²) in [7, 11) is 0. The summed E-state index contributed by atoms with van der Waals surface area (Å²) in [6.45, 7) is 7.09. The van der Waals surface area contributed by atoms with Crippen LogP contribution in [0, 0.1) is 23.7 Å². The first kappa shape index (κ1) is 28.4. The summed E-state index contributed by atoms with van der Waals surface area (Å²) in [5.74, 6) is 1.89. The van der Waals surface area contributed by atoms with Gasteiger partial charge in [0.15, 0.2) is 0 Å². The second-order valence-electron chi connectivity index (χ2n) is 11.6. The van der Waals surface area contributed by atoms with E-state index in [4.69, 9.17) is 4.74 Å². The minimum absolute atomic E-state index is 0.0259. The van der Waals surface area contributed by atoms with E-state index in [2.05, 4.69) is 93.6 Å². The Labute approximate surface area is 231 Å². The average molecular weight is 513 g/mol. The standard InChI is InChI=1S/C36H48O2/c1-4-6-8-10-18-27(3)28-19-12-17-25-34(29(28)20-11-9-7-5-2)36(37)38-26-35-32-23-15-13-21-30(32)31-22-14-16-24-33(31)35/h4-7,13-16,21-24,27-29,34-35H,8-12,17-20,25-26H2,1-3H3. The first-order valence-corrected chi connectivity index (χ1v) is 15.2. The number of benzene rings is 2. The van der Waals surface area contributed by atoms with Gasteiger partial charge in [-0.25, -0.2) is 0 Å². The van der Waals surface area contributed by atoms with E-state index in [9.17, 15) is 4.79 Å². The van der Waals surface area contributed by atoms with E-state index in [-0.39, 0.29) is 17.8 Å². The molecule has 0 aromatic heterocycles. The molecule has 1 saturated carbocycles. The lowest BCUT2D eigenvalue weighted by molar-refractivity contribution is -0.152. The van der Waals surface area contributed by atoms with E-state index in [0.717, 1.165) is 38.5 Å². The highest BCUT2D eigenvalue weighted by Crippen LogP contribution is 2.46. The van der Waals surface area contributed by atoms with Crippen molar-refractivity contribution >= 4 is 5.97 Å². The van der Waals surface area contributed by atoms with E-state index >= 15 is 0 Å². The summed E-state index contributed by atoms with van der Waals surface area (Å²) >= 11 is 0. The SMILES string of the molecule is CC=CCCCC(C)C1CCCCC(C(=O)OCC2c3ccccc3-c3ccccc32)C1CCCC=CC. The van der Waals surface area contributed by atoms with Crippen LogP contribution in [-0.2, 0) is 9.53 Å². The van der Waals surface area contributed by atoms with Gasteiger partial charge in [-0.15, -0.1) is 0 Å². The second kappa shape index (κ2) is 14.5. The number of esters is 1. The van der Waals surface area contributed by atoms with E-state index in [1.165, 1.54) is 47.9 Å². The monoisotopic (exact) mass is 512 g/mol. The highest BCUT2D eigenvalue weighted by Gasteiger charge is 2.39. The summed E-state index contributed by atoms with van der Waals surface area (Å²) < 4.78 is 6.27. The van der Waals surface area contributed by atoms with Gasteiger partial charge in [-0.05, 0) is 98.8 Å². The van der Waals surface area contributed by atoms with Crippen LogP contribution in [0.1, 0.15) is 102 Å². The summed E-state index contributed by atoms with van der Waals surface area (Å²) in [6.07, 6.45) is 20.5. The summed E-state index contributed by atoms with van der Waals surface area (Å²) in [4.78, 5) is 13.9. The van der Waals surface area contributed by atoms with Crippen molar-refractivity contribution in [2.75, 3.05) is 6.61 Å². The molecule has 0 bridgehead atoms. The van der Waals surface area contributed by atoms with Crippen molar-refractivity contribution in [2.24, 2.45) is 23.7 Å². The van der Waals surface area contributed by atoms with Crippen molar-refractivity contribution < 1.29 is 9.53 Å². The van der Waals surface area contributed by atoms with Gasteiger partial charge in [0.2, 0.25) is 0 Å². The fourth-order valence-corrected chi connectivity index (χ4v) is 7.17. The second-order valence-corrected chi connectivity index (χ2v) is 11.6. The number of hydrogen-bond donors (Lipinski definition) is 0.